The first-order chi connectivity index (χ1) is 8.69. The van der Waals surface area contributed by atoms with Crippen molar-refractivity contribution in [1.82, 2.24) is 0 Å². The molecular formula is C15H21NO2. The predicted octanol–water partition coefficient (Wildman–Crippen LogP) is 2.89. The lowest BCUT2D eigenvalue weighted by Gasteiger charge is -2.28. The fourth-order valence-corrected chi connectivity index (χ4v) is 2.52. The van der Waals surface area contributed by atoms with E-state index in [-0.39, 0.29) is 0 Å². The number of hydrogen-bond donors (Lipinski definition) is 0. The van der Waals surface area contributed by atoms with Crippen molar-refractivity contribution in [3.05, 3.63) is 24.3 Å². The van der Waals surface area contributed by atoms with Crippen LogP contribution in [0.15, 0.2) is 24.3 Å². The second kappa shape index (κ2) is 5.89. The molecule has 98 valence electrons. The molecule has 2 rings (SSSR count). The lowest BCUT2D eigenvalue weighted by atomic mass is 9.88. The molecule has 1 aromatic carbocycles. The number of rotatable bonds is 4. The summed E-state index contributed by atoms with van der Waals surface area (Å²) in [5.74, 6) is 1.95. The molecule has 1 saturated carbocycles. The van der Waals surface area contributed by atoms with Gasteiger partial charge in [-0.2, -0.15) is 0 Å². The summed E-state index contributed by atoms with van der Waals surface area (Å²) in [6.45, 7) is 1.01. The molecule has 0 spiro atoms. The van der Waals surface area contributed by atoms with Crippen LogP contribution in [0.2, 0.25) is 0 Å². The summed E-state index contributed by atoms with van der Waals surface area (Å²) in [5, 5.41) is 0. The second-order valence-corrected chi connectivity index (χ2v) is 5.06. The Balaban J connectivity index is 1.94. The van der Waals surface area contributed by atoms with E-state index < -0.39 is 0 Å². The molecule has 0 aliphatic heterocycles. The summed E-state index contributed by atoms with van der Waals surface area (Å²) >= 11 is 0. The molecular weight excluding hydrogens is 226 g/mol. The van der Waals surface area contributed by atoms with Gasteiger partial charge in [0.25, 0.3) is 0 Å². The number of ether oxygens (including phenoxy) is 1. The molecule has 0 atom stereocenters. The van der Waals surface area contributed by atoms with E-state index in [0.717, 1.165) is 38.0 Å². The second-order valence-electron chi connectivity index (χ2n) is 5.06. The van der Waals surface area contributed by atoms with Gasteiger partial charge < -0.3 is 9.64 Å². The van der Waals surface area contributed by atoms with Gasteiger partial charge in [0.15, 0.2) is 0 Å². The number of hydrogen-bond acceptors (Lipinski definition) is 3. The highest BCUT2D eigenvalue weighted by Gasteiger charge is 2.20. The van der Waals surface area contributed by atoms with Crippen LogP contribution in [0.3, 0.4) is 0 Å². The summed E-state index contributed by atoms with van der Waals surface area (Å²) < 4.78 is 5.24. The minimum atomic E-state index is 0.426. The van der Waals surface area contributed by atoms with E-state index >= 15 is 0 Å². The number of nitrogens with zero attached hydrogens (tertiary/aromatic N) is 1. The van der Waals surface area contributed by atoms with Crippen molar-refractivity contribution in [3.63, 3.8) is 0 Å². The first-order valence-corrected chi connectivity index (χ1v) is 6.56. The van der Waals surface area contributed by atoms with E-state index in [2.05, 4.69) is 18.0 Å². The highest BCUT2D eigenvalue weighted by molar-refractivity contribution is 5.79. The molecule has 1 aliphatic rings. The monoisotopic (exact) mass is 247 g/mol. The van der Waals surface area contributed by atoms with Gasteiger partial charge in [-0.05, 0) is 30.9 Å². The summed E-state index contributed by atoms with van der Waals surface area (Å²) in [6.07, 6.45) is 3.59. The highest BCUT2D eigenvalue weighted by atomic mass is 16.5. The van der Waals surface area contributed by atoms with Crippen molar-refractivity contribution >= 4 is 11.5 Å². The van der Waals surface area contributed by atoms with Crippen LogP contribution in [0.1, 0.15) is 25.7 Å². The van der Waals surface area contributed by atoms with E-state index in [0.29, 0.717) is 11.7 Å². The summed E-state index contributed by atoms with van der Waals surface area (Å²) in [4.78, 5) is 13.5. The molecule has 18 heavy (non-hydrogen) atoms. The fourth-order valence-electron chi connectivity index (χ4n) is 2.52. The number of ketones is 1. The maximum Gasteiger partial charge on any atom is 0.132 e. The van der Waals surface area contributed by atoms with Crippen LogP contribution in [-0.2, 0) is 4.79 Å². The van der Waals surface area contributed by atoms with Crippen molar-refractivity contribution in [2.75, 3.05) is 25.6 Å². The first kappa shape index (κ1) is 12.9. The largest absolute Gasteiger partial charge is 0.497 e. The quantitative estimate of drug-likeness (QED) is 0.819. The lowest BCUT2D eigenvalue weighted by Crippen LogP contribution is -2.28. The first-order valence-electron chi connectivity index (χ1n) is 6.56. The van der Waals surface area contributed by atoms with Gasteiger partial charge in [0, 0.05) is 38.2 Å². The average Bonchev–Trinajstić information content (AvgIpc) is 2.41. The Bertz CT molecular complexity index is 407. The molecule has 0 unspecified atom stereocenters. The Morgan fingerprint density at radius 2 is 2.06 bits per heavy atom. The minimum Gasteiger partial charge on any atom is -0.497 e. The number of methoxy groups -OCH3 is 1. The number of carbonyl (C=O) groups excluding carboxylic acids is 1. The topological polar surface area (TPSA) is 29.5 Å². The number of anilines is 1. The molecule has 0 radical (unpaired) electrons. The van der Waals surface area contributed by atoms with E-state index in [4.69, 9.17) is 4.74 Å². The van der Waals surface area contributed by atoms with Crippen LogP contribution >= 0.6 is 0 Å². The van der Waals surface area contributed by atoms with Gasteiger partial charge in [-0.3, -0.25) is 4.79 Å². The van der Waals surface area contributed by atoms with Crippen molar-refractivity contribution < 1.29 is 9.53 Å². The van der Waals surface area contributed by atoms with Gasteiger partial charge in [-0.1, -0.05) is 6.07 Å². The minimum absolute atomic E-state index is 0.426. The third kappa shape index (κ3) is 3.25. The third-order valence-electron chi connectivity index (χ3n) is 3.69. The van der Waals surface area contributed by atoms with Gasteiger partial charge in [-0.15, -0.1) is 0 Å². The molecule has 0 amide bonds. The Kier molecular flexibility index (Phi) is 4.24. The van der Waals surface area contributed by atoms with E-state index in [9.17, 15) is 4.79 Å². The number of Topliss-reactive ketones (excluding diaryl/α,β-unsaturated/α-hetero) is 1. The zero-order chi connectivity index (χ0) is 13.0. The standard InChI is InChI=1S/C15H21NO2/c1-16(11-12-6-8-14(17)9-7-12)13-4-3-5-15(10-13)18-2/h3-5,10,12H,6-9,11H2,1-2H3. The van der Waals surface area contributed by atoms with Gasteiger partial charge in [0.1, 0.15) is 11.5 Å². The zero-order valence-electron chi connectivity index (χ0n) is 11.2. The van der Waals surface area contributed by atoms with Gasteiger partial charge in [0.2, 0.25) is 0 Å². The highest BCUT2D eigenvalue weighted by Crippen LogP contribution is 2.25. The van der Waals surface area contributed by atoms with Crippen LogP contribution in [0.5, 0.6) is 5.75 Å². The average molecular weight is 247 g/mol. The maximum absolute atomic E-state index is 11.2. The molecule has 0 bridgehead atoms. The maximum atomic E-state index is 11.2. The van der Waals surface area contributed by atoms with Crippen molar-refractivity contribution in [1.29, 1.82) is 0 Å². The van der Waals surface area contributed by atoms with E-state index in [1.54, 1.807) is 7.11 Å². The molecule has 0 aromatic heterocycles. The van der Waals surface area contributed by atoms with Crippen LogP contribution in [-0.4, -0.2) is 26.5 Å². The molecule has 0 heterocycles. The van der Waals surface area contributed by atoms with Crippen LogP contribution < -0.4 is 9.64 Å². The molecule has 1 fully saturated rings. The molecule has 0 N–H and O–H groups in total. The van der Waals surface area contributed by atoms with Crippen molar-refractivity contribution in [2.24, 2.45) is 5.92 Å². The van der Waals surface area contributed by atoms with E-state index in [1.807, 2.05) is 18.2 Å². The molecule has 3 nitrogen and oxygen atoms in total. The smallest absolute Gasteiger partial charge is 0.132 e. The van der Waals surface area contributed by atoms with Gasteiger partial charge >= 0.3 is 0 Å². The SMILES string of the molecule is COc1cccc(N(C)CC2CCC(=O)CC2)c1. The third-order valence-corrected chi connectivity index (χ3v) is 3.69. The lowest BCUT2D eigenvalue weighted by molar-refractivity contribution is -0.120. The molecule has 1 aliphatic carbocycles. The summed E-state index contributed by atoms with van der Waals surface area (Å²) in [6, 6.07) is 8.11. The Morgan fingerprint density at radius 1 is 1.33 bits per heavy atom. The van der Waals surface area contributed by atoms with Crippen molar-refractivity contribution in [2.45, 2.75) is 25.7 Å². The number of carbonyl (C=O) groups is 1. The Labute approximate surface area is 109 Å². The fraction of sp³-hybridized carbons (Fsp3) is 0.533. The van der Waals surface area contributed by atoms with Gasteiger partial charge in [0.05, 0.1) is 7.11 Å². The molecule has 3 heteroatoms. The number of benzene rings is 1. The Hall–Kier alpha value is -1.51. The van der Waals surface area contributed by atoms with E-state index in [1.165, 1.54) is 5.69 Å². The van der Waals surface area contributed by atoms with Gasteiger partial charge in [-0.25, -0.2) is 0 Å². The summed E-state index contributed by atoms with van der Waals surface area (Å²) in [5.41, 5.74) is 1.17. The Morgan fingerprint density at radius 3 is 2.72 bits per heavy atom. The molecule has 1 aromatic rings. The zero-order valence-corrected chi connectivity index (χ0v) is 11.2. The van der Waals surface area contributed by atoms with Crippen LogP contribution in [0.4, 0.5) is 5.69 Å². The summed E-state index contributed by atoms with van der Waals surface area (Å²) in [7, 11) is 3.79. The van der Waals surface area contributed by atoms with Crippen LogP contribution in [0, 0.1) is 5.92 Å². The normalized spacial score (nSPS) is 16.7. The molecule has 0 saturated heterocycles. The van der Waals surface area contributed by atoms with Crippen LogP contribution in [0.25, 0.3) is 0 Å². The predicted molar refractivity (Wildman–Crippen MR) is 73.2 cm³/mol. The van der Waals surface area contributed by atoms with Crippen molar-refractivity contribution in [3.8, 4) is 5.75 Å².